The summed E-state index contributed by atoms with van der Waals surface area (Å²) in [6.45, 7) is 1.44. The fourth-order valence-electron chi connectivity index (χ4n) is 2.45. The lowest BCUT2D eigenvalue weighted by atomic mass is 10.1. The Bertz CT molecular complexity index is 619. The van der Waals surface area contributed by atoms with Crippen LogP contribution in [0.5, 0.6) is 0 Å². The Kier molecular flexibility index (Phi) is 5.66. The Morgan fingerprint density at radius 1 is 1.36 bits per heavy atom. The Hall–Kier alpha value is -1.31. The lowest BCUT2D eigenvalue weighted by Crippen LogP contribution is -2.51. The van der Waals surface area contributed by atoms with Crippen LogP contribution in [0.15, 0.2) is 24.3 Å². The molecule has 1 saturated heterocycles. The van der Waals surface area contributed by atoms with Crippen LogP contribution >= 0.6 is 11.6 Å². The molecule has 1 aromatic rings. The highest BCUT2D eigenvalue weighted by Gasteiger charge is 2.25. The molecule has 1 aromatic carbocycles. The summed E-state index contributed by atoms with van der Waals surface area (Å²) in [7, 11) is -3.25. The second kappa shape index (κ2) is 7.30. The maximum atomic E-state index is 12.2. The number of sulfonamides is 1. The van der Waals surface area contributed by atoms with E-state index in [1.54, 1.807) is 17.0 Å². The van der Waals surface area contributed by atoms with Crippen molar-refractivity contribution in [3.05, 3.63) is 34.9 Å². The summed E-state index contributed by atoms with van der Waals surface area (Å²) in [5.41, 5.74) is 0.959. The number of piperidine rings is 1. The van der Waals surface area contributed by atoms with E-state index in [0.717, 1.165) is 24.7 Å². The van der Waals surface area contributed by atoms with Gasteiger partial charge in [-0.25, -0.2) is 17.9 Å². The summed E-state index contributed by atoms with van der Waals surface area (Å²) in [6, 6.07) is 6.85. The van der Waals surface area contributed by atoms with Crippen molar-refractivity contribution in [3.63, 3.8) is 0 Å². The number of hydrogen-bond donors (Lipinski definition) is 2. The average molecular weight is 346 g/mol. The second-order valence-corrected chi connectivity index (χ2v) is 7.68. The van der Waals surface area contributed by atoms with Crippen LogP contribution in [0.3, 0.4) is 0 Å². The normalized spacial score (nSPS) is 19.0. The van der Waals surface area contributed by atoms with Crippen LogP contribution in [0.2, 0.25) is 5.02 Å². The molecule has 6 nitrogen and oxygen atoms in total. The number of carbonyl (C=O) groups excluding carboxylic acids is 1. The van der Waals surface area contributed by atoms with E-state index in [9.17, 15) is 13.2 Å². The van der Waals surface area contributed by atoms with Crippen molar-refractivity contribution in [3.8, 4) is 0 Å². The lowest BCUT2D eigenvalue weighted by molar-refractivity contribution is 0.177. The van der Waals surface area contributed by atoms with Crippen LogP contribution < -0.4 is 10.0 Å². The van der Waals surface area contributed by atoms with Crippen molar-refractivity contribution in [2.75, 3.05) is 19.3 Å². The lowest BCUT2D eigenvalue weighted by Gasteiger charge is -2.32. The van der Waals surface area contributed by atoms with E-state index in [0.29, 0.717) is 24.7 Å². The molecule has 2 N–H and O–H groups in total. The van der Waals surface area contributed by atoms with E-state index in [-0.39, 0.29) is 12.1 Å². The molecule has 122 valence electrons. The van der Waals surface area contributed by atoms with Gasteiger partial charge in [0.15, 0.2) is 0 Å². The minimum Gasteiger partial charge on any atom is -0.334 e. The number of urea groups is 1. The fraction of sp³-hybridized carbons (Fsp3) is 0.500. The first-order valence-corrected chi connectivity index (χ1v) is 9.35. The van der Waals surface area contributed by atoms with Crippen molar-refractivity contribution in [1.82, 2.24) is 14.9 Å². The van der Waals surface area contributed by atoms with Gasteiger partial charge in [-0.15, -0.1) is 0 Å². The van der Waals surface area contributed by atoms with Gasteiger partial charge < -0.3 is 10.2 Å². The third kappa shape index (κ3) is 5.47. The molecule has 1 atom stereocenters. The molecule has 0 aliphatic carbocycles. The Labute approximate surface area is 135 Å². The molecule has 0 unspecified atom stereocenters. The molecule has 0 radical (unpaired) electrons. The summed E-state index contributed by atoms with van der Waals surface area (Å²) < 4.78 is 25.1. The van der Waals surface area contributed by atoms with Gasteiger partial charge in [-0.1, -0.05) is 23.7 Å². The number of nitrogens with zero attached hydrogens (tertiary/aromatic N) is 1. The molecule has 1 fully saturated rings. The summed E-state index contributed by atoms with van der Waals surface area (Å²) in [5, 5.41) is 3.49. The monoisotopic (exact) mass is 345 g/mol. The topological polar surface area (TPSA) is 78.5 Å². The average Bonchev–Trinajstić information content (AvgIpc) is 2.45. The molecule has 1 heterocycles. The largest absolute Gasteiger partial charge is 0.334 e. The minimum absolute atomic E-state index is 0.185. The maximum absolute atomic E-state index is 12.2. The smallest absolute Gasteiger partial charge is 0.317 e. The Morgan fingerprint density at radius 2 is 2.05 bits per heavy atom. The van der Waals surface area contributed by atoms with Crippen molar-refractivity contribution in [1.29, 1.82) is 0 Å². The second-order valence-electron chi connectivity index (χ2n) is 5.46. The molecule has 2 amide bonds. The molecule has 22 heavy (non-hydrogen) atoms. The predicted molar refractivity (Wildman–Crippen MR) is 86.3 cm³/mol. The zero-order valence-corrected chi connectivity index (χ0v) is 14.0. The van der Waals surface area contributed by atoms with Crippen LogP contribution in [0.4, 0.5) is 4.79 Å². The van der Waals surface area contributed by atoms with Crippen molar-refractivity contribution in [2.45, 2.75) is 25.4 Å². The highest BCUT2D eigenvalue weighted by Crippen LogP contribution is 2.12. The first-order valence-electron chi connectivity index (χ1n) is 7.08. The number of likely N-dealkylation sites (tertiary alicyclic amines) is 1. The number of halogens is 1. The maximum Gasteiger partial charge on any atom is 0.317 e. The molecule has 8 heteroatoms. The van der Waals surface area contributed by atoms with E-state index in [4.69, 9.17) is 11.6 Å². The standard InChI is InChI=1S/C14H20ClN3O3S/c1-22(20,21)17-13-3-2-8-18(10-13)14(19)16-9-11-4-6-12(15)7-5-11/h4-7,13,17H,2-3,8-10H2,1H3,(H,16,19)/t13-/m1/s1. The van der Waals surface area contributed by atoms with Gasteiger partial charge >= 0.3 is 6.03 Å². The van der Waals surface area contributed by atoms with Crippen LogP contribution in [-0.2, 0) is 16.6 Å². The summed E-state index contributed by atoms with van der Waals surface area (Å²) >= 11 is 5.81. The van der Waals surface area contributed by atoms with Crippen molar-refractivity contribution < 1.29 is 13.2 Å². The third-order valence-corrected chi connectivity index (χ3v) is 4.46. The van der Waals surface area contributed by atoms with Crippen LogP contribution in [0.25, 0.3) is 0 Å². The molecule has 2 rings (SSSR count). The van der Waals surface area contributed by atoms with E-state index < -0.39 is 10.0 Å². The number of amides is 2. The highest BCUT2D eigenvalue weighted by molar-refractivity contribution is 7.88. The first-order chi connectivity index (χ1) is 10.3. The van der Waals surface area contributed by atoms with Gasteiger partial charge in [-0.3, -0.25) is 0 Å². The molecule has 0 bridgehead atoms. The van der Waals surface area contributed by atoms with Crippen LogP contribution in [-0.4, -0.2) is 44.7 Å². The number of benzene rings is 1. The fourth-order valence-corrected chi connectivity index (χ4v) is 3.38. The van der Waals surface area contributed by atoms with E-state index in [2.05, 4.69) is 10.0 Å². The molecule has 0 saturated carbocycles. The first kappa shape index (κ1) is 17.1. The van der Waals surface area contributed by atoms with Gasteiger partial charge in [0.25, 0.3) is 0 Å². The molecule has 1 aliphatic rings. The molecule has 0 spiro atoms. The third-order valence-electron chi connectivity index (χ3n) is 3.45. The summed E-state index contributed by atoms with van der Waals surface area (Å²) in [6.07, 6.45) is 2.65. The van der Waals surface area contributed by atoms with Gasteiger partial charge in [0.2, 0.25) is 10.0 Å². The van der Waals surface area contributed by atoms with Crippen molar-refractivity contribution >= 4 is 27.7 Å². The van der Waals surface area contributed by atoms with Crippen LogP contribution in [0, 0.1) is 0 Å². The number of nitrogens with one attached hydrogen (secondary N) is 2. The molecule has 0 aromatic heterocycles. The van der Waals surface area contributed by atoms with Gasteiger partial charge in [0.1, 0.15) is 0 Å². The number of rotatable bonds is 4. The Balaban J connectivity index is 1.85. The molecule has 1 aliphatic heterocycles. The van der Waals surface area contributed by atoms with Crippen molar-refractivity contribution in [2.24, 2.45) is 0 Å². The van der Waals surface area contributed by atoms with E-state index in [1.807, 2.05) is 12.1 Å². The predicted octanol–water partition coefficient (Wildman–Crippen LogP) is 1.56. The Morgan fingerprint density at radius 3 is 2.68 bits per heavy atom. The van der Waals surface area contributed by atoms with Gasteiger partial charge in [-0.2, -0.15) is 0 Å². The summed E-state index contributed by atoms with van der Waals surface area (Å²) in [4.78, 5) is 13.8. The zero-order valence-electron chi connectivity index (χ0n) is 12.4. The summed E-state index contributed by atoms with van der Waals surface area (Å²) in [5.74, 6) is 0. The minimum atomic E-state index is -3.25. The SMILES string of the molecule is CS(=O)(=O)N[C@@H]1CCCN(C(=O)NCc2ccc(Cl)cc2)C1. The quantitative estimate of drug-likeness (QED) is 0.869. The van der Waals surface area contributed by atoms with Crippen LogP contribution in [0.1, 0.15) is 18.4 Å². The highest BCUT2D eigenvalue weighted by atomic mass is 35.5. The molecular weight excluding hydrogens is 326 g/mol. The van der Waals surface area contributed by atoms with Gasteiger partial charge in [0.05, 0.1) is 6.26 Å². The van der Waals surface area contributed by atoms with Gasteiger partial charge in [-0.05, 0) is 30.5 Å². The van der Waals surface area contributed by atoms with Gasteiger partial charge in [0, 0.05) is 30.7 Å². The molecular formula is C14H20ClN3O3S. The number of hydrogen-bond acceptors (Lipinski definition) is 3. The van der Waals surface area contributed by atoms with E-state index >= 15 is 0 Å². The zero-order chi connectivity index (χ0) is 16.2. The van der Waals surface area contributed by atoms with E-state index in [1.165, 1.54) is 0 Å². The number of carbonyl (C=O) groups is 1.